The first-order valence-electron chi connectivity index (χ1n) is 4.81. The number of nitro benzene ring substituents is 1. The van der Waals surface area contributed by atoms with Crippen LogP contribution >= 0.6 is 22.9 Å². The van der Waals surface area contributed by atoms with E-state index in [0.29, 0.717) is 17.6 Å². The van der Waals surface area contributed by atoms with Gasteiger partial charge >= 0.3 is 0 Å². The zero-order valence-electron chi connectivity index (χ0n) is 9.47. The molecule has 0 unspecified atom stereocenters. The number of halogens is 1. The summed E-state index contributed by atoms with van der Waals surface area (Å²) in [6.45, 7) is 1.81. The number of nitro groups is 1. The Labute approximate surface area is 113 Å². The van der Waals surface area contributed by atoms with E-state index in [-0.39, 0.29) is 5.69 Å². The van der Waals surface area contributed by atoms with Crippen LogP contribution in [-0.4, -0.2) is 11.1 Å². The second-order valence-corrected chi connectivity index (χ2v) is 3.87. The van der Waals surface area contributed by atoms with E-state index in [1.807, 2.05) is 22.9 Å². The molecule has 0 aliphatic carbocycles. The van der Waals surface area contributed by atoms with E-state index in [4.69, 9.17) is 5.73 Å². The molecular weight excluding hydrogens is 590 g/mol. The van der Waals surface area contributed by atoms with Crippen molar-refractivity contribution in [2.75, 3.05) is 0 Å². The minimum absolute atomic E-state index is 0. The topological polar surface area (TPSA) is 81.5 Å². The summed E-state index contributed by atoms with van der Waals surface area (Å²) in [6.07, 6.45) is 3.48. The van der Waals surface area contributed by atoms with Gasteiger partial charge in [-0.05, 0) is 12.6 Å². The quantitative estimate of drug-likeness (QED) is 0.190. The van der Waals surface area contributed by atoms with Crippen LogP contribution in [-0.2, 0) is 0 Å². The van der Waals surface area contributed by atoms with Gasteiger partial charge in [0.15, 0.2) is 5.69 Å². The van der Waals surface area contributed by atoms with Crippen LogP contribution in [0.25, 0.3) is 5.57 Å². The second-order valence-electron chi connectivity index (χ2n) is 3.32. The van der Waals surface area contributed by atoms with E-state index < -0.39 is 4.92 Å². The molecule has 0 spiro atoms. The van der Waals surface area contributed by atoms with Gasteiger partial charge in [0.2, 0.25) is 0 Å². The molecule has 0 atom stereocenters. The third kappa shape index (κ3) is 3.27. The standard InChI is InChI=1S/C11H11IN3O2.Fm/c1-8-3-2-4-10(15(16)17)11(8)9(7-13)5-6-14-12;/h2-3,6-7H,5,13H2,1H3;/q-1;/b9-7-,14-6?;. The Hall–Kier alpha value is -2.44. The van der Waals surface area contributed by atoms with Gasteiger partial charge in [0, 0.05) is 11.1 Å². The third-order valence-corrected chi connectivity index (χ3v) is 2.66. The van der Waals surface area contributed by atoms with Crippen LogP contribution in [0.4, 0.5) is 5.69 Å². The Kier molecular flexibility index (Phi) is 6.05. The van der Waals surface area contributed by atoms with Crippen LogP contribution in [0.1, 0.15) is 17.5 Å². The third-order valence-electron chi connectivity index (χ3n) is 2.27. The molecule has 1 aromatic rings. The molecule has 102 valence electrons. The number of rotatable bonds is 4. The first kappa shape index (κ1) is 15.6. The second kappa shape index (κ2) is 7.00. The fraction of sp³-hybridized carbons (Fsp3) is 0.182. The van der Waals surface area contributed by atoms with Crippen LogP contribution in [0.15, 0.2) is 21.5 Å². The van der Waals surface area contributed by atoms with Gasteiger partial charge < -0.3 is 5.73 Å². The van der Waals surface area contributed by atoms with Crippen molar-refractivity contribution in [3.63, 3.8) is 0 Å². The molecule has 0 fully saturated rings. The van der Waals surface area contributed by atoms with Crippen LogP contribution < -0.4 is 5.73 Å². The molecule has 7 heteroatoms. The van der Waals surface area contributed by atoms with Crippen molar-refractivity contribution in [3.05, 3.63) is 45.6 Å². The molecule has 0 saturated heterocycles. The number of nitrogens with zero attached hydrogens (tertiary/aromatic N) is 2. The summed E-state index contributed by atoms with van der Waals surface area (Å²) in [5.74, 6) is 0. The van der Waals surface area contributed by atoms with Gasteiger partial charge in [-0.2, -0.15) is 12.1 Å². The largest absolute Gasteiger partial charge is 0.405 e. The predicted octanol–water partition coefficient (Wildman–Crippen LogP) is 2.81. The zero-order chi connectivity index (χ0) is 12.8. The first-order valence-corrected chi connectivity index (χ1v) is 5.78. The fourth-order valence-electron chi connectivity index (χ4n) is 1.52. The maximum Gasteiger partial charge on any atom is 0.170 e. The summed E-state index contributed by atoms with van der Waals surface area (Å²) in [5, 5.41) is 10.9. The van der Waals surface area contributed by atoms with Crippen molar-refractivity contribution in [1.82, 2.24) is 0 Å². The van der Waals surface area contributed by atoms with Gasteiger partial charge in [0.25, 0.3) is 0 Å². The summed E-state index contributed by atoms with van der Waals surface area (Å²) < 4.78 is 3.82. The molecule has 0 bridgehead atoms. The van der Waals surface area contributed by atoms with Crippen LogP contribution in [0.3, 0.4) is 0 Å². The Morgan fingerprint density at radius 3 is 2.89 bits per heavy atom. The number of hydrogen-bond acceptors (Lipinski definition) is 4. The SMILES string of the molecule is Cc1cc[c-]c([N+](=O)[O-])c1/C(=C\N)CC=NI.[Fm]. The molecule has 0 radical (unpaired) electrons. The van der Waals surface area contributed by atoms with E-state index in [0.717, 1.165) is 5.56 Å². The van der Waals surface area contributed by atoms with Crippen molar-refractivity contribution in [2.45, 2.75) is 13.3 Å². The summed E-state index contributed by atoms with van der Waals surface area (Å²) in [7, 11) is 0. The van der Waals surface area contributed by atoms with Crippen molar-refractivity contribution in [3.8, 4) is 0 Å². The molecule has 5 nitrogen and oxygen atoms in total. The summed E-state index contributed by atoms with van der Waals surface area (Å²) in [5.41, 5.74) is 7.47. The van der Waals surface area contributed by atoms with E-state index >= 15 is 0 Å². The normalized spacial score (nSPS) is 11.3. The number of nitrogens with two attached hydrogens (primary N) is 1. The van der Waals surface area contributed by atoms with Crippen molar-refractivity contribution in [2.24, 2.45) is 8.94 Å². The van der Waals surface area contributed by atoms with Crippen LogP contribution in [0, 0.1) is 23.1 Å². The Morgan fingerprint density at radius 2 is 2.39 bits per heavy atom. The molecule has 0 aromatic heterocycles. The Balaban J connectivity index is 0.00000289. The fourth-order valence-corrected chi connectivity index (χ4v) is 1.72. The van der Waals surface area contributed by atoms with E-state index in [1.54, 1.807) is 19.2 Å². The molecule has 0 aliphatic heterocycles. The van der Waals surface area contributed by atoms with Crippen molar-refractivity contribution in [1.29, 1.82) is 0 Å². The Morgan fingerprint density at radius 1 is 1.72 bits per heavy atom. The molecule has 0 amide bonds. The molecule has 2 N–H and O–H groups in total. The summed E-state index contributed by atoms with van der Waals surface area (Å²) in [4.78, 5) is 10.5. The van der Waals surface area contributed by atoms with Gasteiger partial charge in [0.1, 0.15) is 0 Å². The van der Waals surface area contributed by atoms with Crippen molar-refractivity contribution < 1.29 is 4.92 Å². The van der Waals surface area contributed by atoms with Crippen LogP contribution in [0.2, 0.25) is 0 Å². The predicted molar refractivity (Wildman–Crippen MR) is 76.0 cm³/mol. The number of allylic oxidation sites excluding steroid dienone is 1. The van der Waals surface area contributed by atoms with E-state index in [1.165, 1.54) is 12.3 Å². The average molecular weight is 601 g/mol. The van der Waals surface area contributed by atoms with Gasteiger partial charge in [0.05, 0.1) is 22.9 Å². The number of hydrogen-bond donors (Lipinski definition) is 1. The maximum atomic E-state index is 10.9. The molecule has 0 aliphatic rings. The van der Waals surface area contributed by atoms with Gasteiger partial charge in [-0.15, -0.1) is 11.6 Å². The zero-order valence-corrected chi connectivity index (χ0v) is 14.0. The number of benzene rings is 1. The monoisotopic (exact) mass is 601 g/mol. The Bertz CT molecular complexity index is 489. The molecule has 18 heavy (non-hydrogen) atoms. The molecular formula is C11H11FmIN3O2-. The average Bonchev–Trinajstić information content (AvgIpc) is 2.31. The molecule has 0 heterocycles. The first-order chi connectivity index (χ1) is 8.11. The molecule has 0 saturated carbocycles. The summed E-state index contributed by atoms with van der Waals surface area (Å²) in [6, 6.07) is 5.94. The maximum absolute atomic E-state index is 10.9. The smallest absolute Gasteiger partial charge is 0.170 e. The minimum atomic E-state index is -0.451. The van der Waals surface area contributed by atoms with E-state index in [9.17, 15) is 10.1 Å². The van der Waals surface area contributed by atoms with E-state index in [2.05, 4.69) is 9.27 Å². The van der Waals surface area contributed by atoms with Crippen molar-refractivity contribution >= 4 is 40.3 Å². The van der Waals surface area contributed by atoms with Gasteiger partial charge in [-0.3, -0.25) is 10.1 Å². The van der Waals surface area contributed by atoms with Gasteiger partial charge in [-0.25, -0.2) is 3.21 Å². The minimum Gasteiger partial charge on any atom is -0.405 e. The van der Waals surface area contributed by atoms with Crippen LogP contribution in [0.5, 0.6) is 0 Å². The van der Waals surface area contributed by atoms with Gasteiger partial charge in [-0.1, -0.05) is 18.1 Å². The molecule has 1 rings (SSSR count). The number of aryl methyl sites for hydroxylation is 1. The molecule has 1 aromatic carbocycles. The summed E-state index contributed by atoms with van der Waals surface area (Å²) >= 11 is 1.85.